The maximum atomic E-state index is 13.6. The van der Waals surface area contributed by atoms with Gasteiger partial charge in [0.25, 0.3) is 15.9 Å². The number of amides is 1. The van der Waals surface area contributed by atoms with Crippen LogP contribution in [-0.2, 0) is 10.0 Å². The summed E-state index contributed by atoms with van der Waals surface area (Å²) in [5.41, 5.74) is 8.54. The minimum Gasteiger partial charge on any atom is -0.399 e. The highest BCUT2D eigenvalue weighted by Crippen LogP contribution is 2.35. The summed E-state index contributed by atoms with van der Waals surface area (Å²) in [6.07, 6.45) is 4.94. The molecule has 1 aliphatic heterocycles. The molecule has 3 heterocycles. The summed E-state index contributed by atoms with van der Waals surface area (Å²) in [5, 5.41) is 4.31. The topological polar surface area (TPSA) is 123 Å². The van der Waals surface area contributed by atoms with E-state index in [1.165, 1.54) is 10.2 Å². The van der Waals surface area contributed by atoms with Gasteiger partial charge in [-0.2, -0.15) is 0 Å². The molecular formula is C31H29ClN6O3S. The minimum atomic E-state index is -3.86. The molecule has 11 heteroatoms. The van der Waals surface area contributed by atoms with Crippen LogP contribution >= 0.6 is 11.6 Å². The molecule has 0 aliphatic carbocycles. The third-order valence-electron chi connectivity index (χ3n) is 7.49. The van der Waals surface area contributed by atoms with Gasteiger partial charge in [-0.3, -0.25) is 4.79 Å². The molecule has 1 saturated heterocycles. The van der Waals surface area contributed by atoms with Crippen molar-refractivity contribution in [1.29, 1.82) is 0 Å². The Labute approximate surface area is 249 Å². The van der Waals surface area contributed by atoms with Crippen LogP contribution in [0.4, 0.5) is 11.6 Å². The number of hydrogen-bond acceptors (Lipinski definition) is 7. The molecular weight excluding hydrogens is 572 g/mol. The largest absolute Gasteiger partial charge is 0.399 e. The van der Waals surface area contributed by atoms with Gasteiger partial charge in [-0.05, 0) is 61.2 Å². The van der Waals surface area contributed by atoms with Crippen LogP contribution in [0.25, 0.3) is 22.2 Å². The zero-order chi connectivity index (χ0) is 29.3. The Morgan fingerprint density at radius 3 is 2.55 bits per heavy atom. The summed E-state index contributed by atoms with van der Waals surface area (Å²) in [7, 11) is -3.86. The Balaban J connectivity index is 1.24. The fraction of sp³-hybridized carbons (Fsp3) is 0.194. The van der Waals surface area contributed by atoms with Crippen molar-refractivity contribution in [3.8, 4) is 11.3 Å². The lowest BCUT2D eigenvalue weighted by molar-refractivity contribution is 0.0680. The lowest BCUT2D eigenvalue weighted by Crippen LogP contribution is -2.41. The second-order valence-electron chi connectivity index (χ2n) is 10.3. The number of halogens is 1. The third-order valence-corrected chi connectivity index (χ3v) is 9.45. The van der Waals surface area contributed by atoms with Gasteiger partial charge in [-0.1, -0.05) is 48.0 Å². The van der Waals surface area contributed by atoms with E-state index in [1.807, 2.05) is 17.0 Å². The summed E-state index contributed by atoms with van der Waals surface area (Å²) >= 11 is 6.58. The molecule has 9 nitrogen and oxygen atoms in total. The standard InChI is InChI=1S/C31H29ClN6O3S/c32-27-18-35-31(34-17-21-7-6-16-37(19-21)30(39)22-12-14-23(33)15-13-22)36-29(27)26-20-38(28-11-5-4-10-25(26)28)42(40,41)24-8-2-1-3-9-24/h1-5,8-15,18,20-21H,6-7,16-17,19,33H2,(H,34,35,36). The molecule has 0 spiro atoms. The Kier molecular flexibility index (Phi) is 7.57. The molecule has 6 rings (SSSR count). The Morgan fingerprint density at radius 2 is 1.76 bits per heavy atom. The van der Waals surface area contributed by atoms with Crippen molar-refractivity contribution in [2.45, 2.75) is 17.7 Å². The van der Waals surface area contributed by atoms with Gasteiger partial charge in [0.05, 0.1) is 27.3 Å². The molecule has 214 valence electrons. The van der Waals surface area contributed by atoms with Gasteiger partial charge < -0.3 is 16.0 Å². The smallest absolute Gasteiger partial charge is 0.268 e. The number of carbonyl (C=O) groups is 1. The number of rotatable bonds is 7. The summed E-state index contributed by atoms with van der Waals surface area (Å²) in [6.45, 7) is 1.88. The highest BCUT2D eigenvalue weighted by Gasteiger charge is 2.26. The van der Waals surface area contributed by atoms with E-state index in [-0.39, 0.29) is 16.7 Å². The van der Waals surface area contributed by atoms with E-state index in [0.717, 1.165) is 12.8 Å². The van der Waals surface area contributed by atoms with Crippen molar-refractivity contribution in [3.63, 3.8) is 0 Å². The van der Waals surface area contributed by atoms with E-state index in [4.69, 9.17) is 22.3 Å². The van der Waals surface area contributed by atoms with E-state index in [1.54, 1.807) is 72.9 Å². The summed E-state index contributed by atoms with van der Waals surface area (Å²) in [5.74, 6) is 0.572. The molecule has 1 unspecified atom stereocenters. The van der Waals surface area contributed by atoms with Crippen molar-refractivity contribution >= 4 is 50.1 Å². The molecule has 1 fully saturated rings. The van der Waals surface area contributed by atoms with Gasteiger partial charge in [-0.25, -0.2) is 22.4 Å². The average molecular weight is 601 g/mol. The molecule has 1 amide bonds. The highest BCUT2D eigenvalue weighted by molar-refractivity contribution is 7.90. The van der Waals surface area contributed by atoms with Gasteiger partial charge in [0.2, 0.25) is 5.95 Å². The van der Waals surface area contributed by atoms with Crippen molar-refractivity contribution in [2.75, 3.05) is 30.7 Å². The fourth-order valence-corrected chi connectivity index (χ4v) is 6.93. The number of nitrogen functional groups attached to an aromatic ring is 1. The number of nitrogens with one attached hydrogen (secondary N) is 1. The van der Waals surface area contributed by atoms with E-state index in [9.17, 15) is 13.2 Å². The Bertz CT molecular complexity index is 1860. The van der Waals surface area contributed by atoms with Crippen molar-refractivity contribution in [3.05, 3.63) is 102 Å². The van der Waals surface area contributed by atoms with Crippen LogP contribution in [0.2, 0.25) is 5.02 Å². The van der Waals surface area contributed by atoms with Gasteiger partial charge in [-0.15, -0.1) is 0 Å². The van der Waals surface area contributed by atoms with E-state index < -0.39 is 10.0 Å². The molecule has 0 bridgehead atoms. The molecule has 5 aromatic rings. The maximum absolute atomic E-state index is 13.6. The molecule has 0 radical (unpaired) electrons. The minimum absolute atomic E-state index is 0.00780. The van der Waals surface area contributed by atoms with Crippen molar-refractivity contribution < 1.29 is 13.2 Å². The maximum Gasteiger partial charge on any atom is 0.268 e. The summed E-state index contributed by atoms with van der Waals surface area (Å²) in [6, 6.07) is 22.5. The first-order chi connectivity index (χ1) is 20.3. The van der Waals surface area contributed by atoms with Crippen LogP contribution in [-0.4, -0.2) is 52.8 Å². The number of piperidine rings is 1. The first kappa shape index (κ1) is 27.7. The van der Waals surface area contributed by atoms with Gasteiger partial charge in [0.15, 0.2) is 0 Å². The van der Waals surface area contributed by atoms with Crippen LogP contribution in [0.15, 0.2) is 96.2 Å². The van der Waals surface area contributed by atoms with Gasteiger partial charge in [0, 0.05) is 48.0 Å². The Morgan fingerprint density at radius 1 is 1.02 bits per heavy atom. The predicted octanol–water partition coefficient (Wildman–Crippen LogP) is 5.54. The quantitative estimate of drug-likeness (QED) is 0.235. The van der Waals surface area contributed by atoms with E-state index in [0.29, 0.717) is 64.0 Å². The molecule has 3 aromatic carbocycles. The number of fused-ring (bicyclic) bond motifs is 1. The van der Waals surface area contributed by atoms with Gasteiger partial charge in [0.1, 0.15) is 0 Å². The van der Waals surface area contributed by atoms with E-state index >= 15 is 0 Å². The van der Waals surface area contributed by atoms with Crippen LogP contribution in [0.3, 0.4) is 0 Å². The number of carbonyl (C=O) groups excluding carboxylic acids is 1. The van der Waals surface area contributed by atoms with Crippen LogP contribution in [0.5, 0.6) is 0 Å². The molecule has 2 aromatic heterocycles. The third kappa shape index (κ3) is 5.43. The predicted molar refractivity (Wildman–Crippen MR) is 165 cm³/mol. The molecule has 0 saturated carbocycles. The van der Waals surface area contributed by atoms with E-state index in [2.05, 4.69) is 10.3 Å². The first-order valence-electron chi connectivity index (χ1n) is 13.6. The lowest BCUT2D eigenvalue weighted by Gasteiger charge is -2.33. The second kappa shape index (κ2) is 11.5. The first-order valence-corrected chi connectivity index (χ1v) is 15.5. The lowest BCUT2D eigenvalue weighted by atomic mass is 9.97. The number of nitrogens with two attached hydrogens (primary N) is 1. The van der Waals surface area contributed by atoms with Crippen LogP contribution in [0, 0.1) is 5.92 Å². The number of hydrogen-bond donors (Lipinski definition) is 2. The van der Waals surface area contributed by atoms with Crippen LogP contribution < -0.4 is 11.1 Å². The molecule has 1 atom stereocenters. The van der Waals surface area contributed by atoms with Crippen molar-refractivity contribution in [2.24, 2.45) is 5.92 Å². The number of anilines is 2. The van der Waals surface area contributed by atoms with Gasteiger partial charge >= 0.3 is 0 Å². The molecule has 1 aliphatic rings. The fourth-order valence-electron chi connectivity index (χ4n) is 5.34. The number of nitrogens with zero attached hydrogens (tertiary/aromatic N) is 4. The summed E-state index contributed by atoms with van der Waals surface area (Å²) in [4.78, 5) is 24.1. The number of para-hydroxylation sites is 1. The monoisotopic (exact) mass is 600 g/mol. The SMILES string of the molecule is Nc1ccc(C(=O)N2CCCC(CNc3ncc(Cl)c(-c4cn(S(=O)(=O)c5ccccc5)c5ccccc45)n3)C2)cc1. The number of benzene rings is 3. The number of aromatic nitrogens is 3. The molecule has 3 N–H and O–H groups in total. The zero-order valence-corrected chi connectivity index (χ0v) is 24.2. The normalized spacial score (nSPS) is 15.5. The highest BCUT2D eigenvalue weighted by atomic mass is 35.5. The number of likely N-dealkylation sites (tertiary alicyclic amines) is 1. The van der Waals surface area contributed by atoms with Crippen LogP contribution in [0.1, 0.15) is 23.2 Å². The van der Waals surface area contributed by atoms with Crippen molar-refractivity contribution in [1.82, 2.24) is 18.8 Å². The summed E-state index contributed by atoms with van der Waals surface area (Å²) < 4.78 is 28.4. The molecule has 42 heavy (non-hydrogen) atoms. The second-order valence-corrected chi connectivity index (χ2v) is 12.5. The zero-order valence-electron chi connectivity index (χ0n) is 22.7. The Hall–Kier alpha value is -4.41. The average Bonchev–Trinajstić information content (AvgIpc) is 3.42.